The van der Waals surface area contributed by atoms with Gasteiger partial charge < -0.3 is 14.6 Å². The molecule has 5 heteroatoms. The topological polar surface area (TPSA) is 59.0 Å². The maximum Gasteiger partial charge on any atom is 0.332 e. The number of hydrogen-bond acceptors (Lipinski definition) is 4. The number of carboxylic acid groups (broad SMARTS) is 1. The van der Waals surface area contributed by atoms with Gasteiger partial charge in [-0.2, -0.15) is 0 Å². The molecule has 2 heterocycles. The molecule has 0 amide bonds. The molecule has 0 bridgehead atoms. The van der Waals surface area contributed by atoms with Gasteiger partial charge in [-0.3, -0.25) is 4.90 Å². The predicted molar refractivity (Wildman–Crippen MR) is 66.6 cm³/mol. The lowest BCUT2D eigenvalue weighted by molar-refractivity contribution is -0.150. The van der Waals surface area contributed by atoms with Crippen molar-refractivity contribution in [1.82, 2.24) is 4.90 Å². The summed E-state index contributed by atoms with van der Waals surface area (Å²) in [6.07, 6.45) is 2.25. The monoisotopic (exact) mass is 257 g/mol. The van der Waals surface area contributed by atoms with E-state index >= 15 is 0 Å². The van der Waals surface area contributed by atoms with Crippen molar-refractivity contribution in [2.24, 2.45) is 0 Å². The zero-order valence-corrected chi connectivity index (χ0v) is 11.2. The number of hydrogen-bond donors (Lipinski definition) is 1. The van der Waals surface area contributed by atoms with Crippen molar-refractivity contribution < 1.29 is 19.4 Å². The molecule has 5 nitrogen and oxygen atoms in total. The molecule has 0 aromatic rings. The zero-order valence-electron chi connectivity index (χ0n) is 11.2. The van der Waals surface area contributed by atoms with Gasteiger partial charge in [0.05, 0.1) is 18.8 Å². The Morgan fingerprint density at radius 2 is 2.22 bits per heavy atom. The largest absolute Gasteiger partial charge is 0.479 e. The minimum absolute atomic E-state index is 0.0606. The van der Waals surface area contributed by atoms with Gasteiger partial charge >= 0.3 is 5.97 Å². The number of carbonyl (C=O) groups is 1. The molecule has 2 aliphatic rings. The highest BCUT2D eigenvalue weighted by Crippen LogP contribution is 2.23. The van der Waals surface area contributed by atoms with Gasteiger partial charge in [0.1, 0.15) is 0 Å². The summed E-state index contributed by atoms with van der Waals surface area (Å²) in [5.74, 6) is -0.833. The Bertz CT molecular complexity index is 297. The Hall–Kier alpha value is -0.650. The van der Waals surface area contributed by atoms with Gasteiger partial charge in [0, 0.05) is 19.1 Å². The van der Waals surface area contributed by atoms with E-state index in [4.69, 9.17) is 14.6 Å². The van der Waals surface area contributed by atoms with Gasteiger partial charge in [-0.1, -0.05) is 6.92 Å². The van der Waals surface area contributed by atoms with Gasteiger partial charge in [-0.25, -0.2) is 4.79 Å². The van der Waals surface area contributed by atoms with E-state index in [0.29, 0.717) is 12.5 Å². The van der Waals surface area contributed by atoms with Crippen molar-refractivity contribution in [1.29, 1.82) is 0 Å². The van der Waals surface area contributed by atoms with Crippen LogP contribution in [0.15, 0.2) is 0 Å². The Balaban J connectivity index is 1.86. The molecule has 104 valence electrons. The number of rotatable bonds is 4. The standard InChI is InChI=1S/C13H23NO4/c1-3-10-8-17-9(2)6-14(10)7-11-4-5-12(18-11)13(15)16/h9-12H,3-8H2,1-2H3,(H,15,16). The molecule has 2 fully saturated rings. The second-order valence-electron chi connectivity index (χ2n) is 5.32. The summed E-state index contributed by atoms with van der Waals surface area (Å²) in [4.78, 5) is 13.2. The molecule has 2 rings (SSSR count). The Labute approximate surface area is 108 Å². The van der Waals surface area contributed by atoms with Crippen molar-refractivity contribution >= 4 is 5.97 Å². The normalized spacial score (nSPS) is 37.9. The van der Waals surface area contributed by atoms with Crippen molar-refractivity contribution in [3.8, 4) is 0 Å². The van der Waals surface area contributed by atoms with Crippen LogP contribution in [-0.4, -0.2) is 60.0 Å². The molecule has 18 heavy (non-hydrogen) atoms. The number of nitrogens with zero attached hydrogens (tertiary/aromatic N) is 1. The van der Waals surface area contributed by atoms with Crippen molar-refractivity contribution in [3.05, 3.63) is 0 Å². The third-order valence-electron chi connectivity index (χ3n) is 3.87. The average molecular weight is 257 g/mol. The fourth-order valence-corrected chi connectivity index (χ4v) is 2.80. The lowest BCUT2D eigenvalue weighted by atomic mass is 10.1. The number of ether oxygens (including phenoxy) is 2. The second kappa shape index (κ2) is 5.99. The molecular formula is C13H23NO4. The van der Waals surface area contributed by atoms with E-state index in [1.165, 1.54) is 0 Å². The summed E-state index contributed by atoms with van der Waals surface area (Å²) in [6.45, 7) is 6.75. The van der Waals surface area contributed by atoms with Gasteiger partial charge in [0.15, 0.2) is 6.10 Å². The molecule has 0 spiro atoms. The minimum atomic E-state index is -0.833. The van der Waals surface area contributed by atoms with Gasteiger partial charge in [-0.05, 0) is 26.2 Å². The van der Waals surface area contributed by atoms with E-state index < -0.39 is 12.1 Å². The Morgan fingerprint density at radius 3 is 2.83 bits per heavy atom. The maximum absolute atomic E-state index is 10.9. The SMILES string of the molecule is CCC1COC(C)CN1CC1CCC(C(=O)O)O1. The molecule has 4 unspecified atom stereocenters. The number of aliphatic carboxylic acids is 1. The van der Waals surface area contributed by atoms with E-state index in [0.717, 1.165) is 32.5 Å². The first kappa shape index (κ1) is 13.8. The molecule has 1 N–H and O–H groups in total. The lowest BCUT2D eigenvalue weighted by Crippen LogP contribution is -2.51. The van der Waals surface area contributed by atoms with Crippen LogP contribution < -0.4 is 0 Å². The van der Waals surface area contributed by atoms with Crippen molar-refractivity contribution in [2.75, 3.05) is 19.7 Å². The first-order chi connectivity index (χ1) is 8.60. The zero-order chi connectivity index (χ0) is 13.1. The second-order valence-corrected chi connectivity index (χ2v) is 5.32. The first-order valence-electron chi connectivity index (χ1n) is 6.84. The predicted octanol–water partition coefficient (Wildman–Crippen LogP) is 1.12. The summed E-state index contributed by atoms with van der Waals surface area (Å²) in [7, 11) is 0. The fourth-order valence-electron chi connectivity index (χ4n) is 2.80. The third-order valence-corrected chi connectivity index (χ3v) is 3.87. The van der Waals surface area contributed by atoms with Gasteiger partial charge in [0.2, 0.25) is 0 Å². The third kappa shape index (κ3) is 3.22. The van der Waals surface area contributed by atoms with E-state index in [-0.39, 0.29) is 12.2 Å². The van der Waals surface area contributed by atoms with Crippen molar-refractivity contribution in [2.45, 2.75) is 57.5 Å². The van der Waals surface area contributed by atoms with Gasteiger partial charge in [-0.15, -0.1) is 0 Å². The summed E-state index contributed by atoms with van der Waals surface area (Å²) < 4.78 is 11.2. The summed E-state index contributed by atoms with van der Waals surface area (Å²) in [5, 5.41) is 8.92. The molecule has 4 atom stereocenters. The number of carboxylic acids is 1. The fraction of sp³-hybridized carbons (Fsp3) is 0.923. The minimum Gasteiger partial charge on any atom is -0.479 e. The lowest BCUT2D eigenvalue weighted by Gasteiger charge is -2.39. The van der Waals surface area contributed by atoms with E-state index in [1.807, 2.05) is 0 Å². The molecule has 0 aromatic heterocycles. The molecular weight excluding hydrogens is 234 g/mol. The smallest absolute Gasteiger partial charge is 0.332 e. The molecule has 2 saturated heterocycles. The first-order valence-corrected chi connectivity index (χ1v) is 6.84. The van der Waals surface area contributed by atoms with Crippen LogP contribution in [0.2, 0.25) is 0 Å². The summed E-state index contributed by atoms with van der Waals surface area (Å²) in [5.41, 5.74) is 0. The highest BCUT2D eigenvalue weighted by molar-refractivity contribution is 5.72. The van der Waals surface area contributed by atoms with Crippen molar-refractivity contribution in [3.63, 3.8) is 0 Å². The molecule has 0 saturated carbocycles. The van der Waals surface area contributed by atoms with E-state index in [9.17, 15) is 4.79 Å². The van der Waals surface area contributed by atoms with Crippen LogP contribution in [0.3, 0.4) is 0 Å². The molecule has 0 aliphatic carbocycles. The summed E-state index contributed by atoms with van der Waals surface area (Å²) >= 11 is 0. The molecule has 0 radical (unpaired) electrons. The quantitative estimate of drug-likeness (QED) is 0.817. The van der Waals surface area contributed by atoms with Crippen LogP contribution in [0.5, 0.6) is 0 Å². The van der Waals surface area contributed by atoms with E-state index in [2.05, 4.69) is 18.7 Å². The highest BCUT2D eigenvalue weighted by atomic mass is 16.5. The van der Waals surface area contributed by atoms with Crippen LogP contribution in [0.4, 0.5) is 0 Å². The van der Waals surface area contributed by atoms with Crippen LogP contribution >= 0.6 is 0 Å². The average Bonchev–Trinajstić information content (AvgIpc) is 2.78. The molecule has 2 aliphatic heterocycles. The van der Waals surface area contributed by atoms with Crippen LogP contribution in [0.1, 0.15) is 33.1 Å². The van der Waals surface area contributed by atoms with E-state index in [1.54, 1.807) is 0 Å². The highest BCUT2D eigenvalue weighted by Gasteiger charge is 2.34. The summed E-state index contributed by atoms with van der Waals surface area (Å²) in [6, 6.07) is 0.439. The number of morpholine rings is 1. The maximum atomic E-state index is 10.9. The Kier molecular flexibility index (Phi) is 4.59. The van der Waals surface area contributed by atoms with Crippen LogP contribution in [-0.2, 0) is 14.3 Å². The van der Waals surface area contributed by atoms with Gasteiger partial charge in [0.25, 0.3) is 0 Å². The molecule has 0 aromatic carbocycles. The van der Waals surface area contributed by atoms with Crippen LogP contribution in [0.25, 0.3) is 0 Å². The van der Waals surface area contributed by atoms with Crippen LogP contribution in [0, 0.1) is 0 Å². The Morgan fingerprint density at radius 1 is 1.44 bits per heavy atom.